The standard InChI is InChI=1S/C7H6Cl2O/c1-3-5(7(9)10)6(8)4-2/h3-4H,1-2H2/b6-5-. The van der Waals surface area contributed by atoms with Crippen molar-refractivity contribution in [2.45, 2.75) is 0 Å². The predicted octanol–water partition coefficient (Wildman–Crippen LogP) is 2.62. The van der Waals surface area contributed by atoms with Crippen LogP contribution in [-0.4, -0.2) is 5.24 Å². The molecule has 0 saturated carbocycles. The molecule has 0 spiro atoms. The summed E-state index contributed by atoms with van der Waals surface area (Å²) in [4.78, 5) is 10.5. The van der Waals surface area contributed by atoms with Crippen LogP contribution in [0.5, 0.6) is 0 Å². The van der Waals surface area contributed by atoms with Gasteiger partial charge >= 0.3 is 0 Å². The van der Waals surface area contributed by atoms with E-state index in [1.807, 2.05) is 0 Å². The van der Waals surface area contributed by atoms with E-state index < -0.39 is 5.24 Å². The van der Waals surface area contributed by atoms with Crippen molar-refractivity contribution in [3.8, 4) is 0 Å². The number of halogens is 2. The Balaban J connectivity index is 4.79. The molecule has 0 aliphatic rings. The zero-order chi connectivity index (χ0) is 8.15. The van der Waals surface area contributed by atoms with E-state index in [0.29, 0.717) is 0 Å². The van der Waals surface area contributed by atoms with Crippen molar-refractivity contribution in [3.63, 3.8) is 0 Å². The summed E-state index contributed by atoms with van der Waals surface area (Å²) in [6, 6.07) is 0. The molecule has 0 heterocycles. The van der Waals surface area contributed by atoms with Crippen LogP contribution >= 0.6 is 23.2 Å². The maximum Gasteiger partial charge on any atom is 0.253 e. The topological polar surface area (TPSA) is 17.1 Å². The molecule has 0 aliphatic heterocycles. The first kappa shape index (κ1) is 9.47. The Morgan fingerprint density at radius 1 is 1.20 bits per heavy atom. The summed E-state index contributed by atoms with van der Waals surface area (Å²) in [5.41, 5.74) is 0.179. The van der Waals surface area contributed by atoms with E-state index in [4.69, 9.17) is 23.2 Å². The van der Waals surface area contributed by atoms with E-state index in [2.05, 4.69) is 13.2 Å². The highest BCUT2D eigenvalue weighted by atomic mass is 35.5. The summed E-state index contributed by atoms with van der Waals surface area (Å²) >= 11 is 10.6. The highest BCUT2D eigenvalue weighted by Crippen LogP contribution is 2.13. The fourth-order valence-electron chi connectivity index (χ4n) is 0.382. The first-order chi connectivity index (χ1) is 4.63. The minimum atomic E-state index is -0.625. The van der Waals surface area contributed by atoms with Crippen molar-refractivity contribution in [3.05, 3.63) is 35.9 Å². The SMILES string of the molecule is C=C/C(Cl)=C(\C=C)C(=O)Cl. The van der Waals surface area contributed by atoms with Crippen molar-refractivity contribution in [2.24, 2.45) is 0 Å². The third kappa shape index (κ3) is 2.38. The minimum Gasteiger partial charge on any atom is -0.276 e. The lowest BCUT2D eigenvalue weighted by molar-refractivity contribution is -0.108. The summed E-state index contributed by atoms with van der Waals surface area (Å²) < 4.78 is 0. The lowest BCUT2D eigenvalue weighted by atomic mass is 10.2. The van der Waals surface area contributed by atoms with E-state index in [9.17, 15) is 4.79 Å². The van der Waals surface area contributed by atoms with Crippen LogP contribution in [0, 0.1) is 0 Å². The highest BCUT2D eigenvalue weighted by molar-refractivity contribution is 6.68. The number of hydrogen-bond acceptors (Lipinski definition) is 1. The second-order valence-electron chi connectivity index (χ2n) is 1.44. The Labute approximate surface area is 69.6 Å². The quantitative estimate of drug-likeness (QED) is 0.368. The molecule has 0 saturated heterocycles. The second-order valence-corrected chi connectivity index (χ2v) is 2.19. The first-order valence-electron chi connectivity index (χ1n) is 2.48. The molecule has 0 fully saturated rings. The summed E-state index contributed by atoms with van der Waals surface area (Å²) in [5, 5.41) is -0.407. The van der Waals surface area contributed by atoms with Crippen LogP contribution in [0.25, 0.3) is 0 Å². The molecular formula is C7H6Cl2O. The Kier molecular flexibility index (Phi) is 4.08. The van der Waals surface area contributed by atoms with E-state index in [1.54, 1.807) is 0 Å². The molecule has 10 heavy (non-hydrogen) atoms. The van der Waals surface area contributed by atoms with Gasteiger partial charge in [0.25, 0.3) is 5.24 Å². The summed E-state index contributed by atoms with van der Waals surface area (Å²) in [6.07, 6.45) is 2.62. The van der Waals surface area contributed by atoms with Crippen LogP contribution in [0.4, 0.5) is 0 Å². The molecule has 0 aromatic rings. The van der Waals surface area contributed by atoms with Gasteiger partial charge in [0, 0.05) is 0 Å². The van der Waals surface area contributed by atoms with Crippen molar-refractivity contribution in [1.82, 2.24) is 0 Å². The highest BCUT2D eigenvalue weighted by Gasteiger charge is 2.04. The molecule has 1 nitrogen and oxygen atoms in total. The first-order valence-corrected chi connectivity index (χ1v) is 3.23. The molecule has 0 aromatic carbocycles. The Morgan fingerprint density at radius 2 is 1.70 bits per heavy atom. The van der Waals surface area contributed by atoms with Gasteiger partial charge in [-0.05, 0) is 17.7 Å². The third-order valence-electron chi connectivity index (χ3n) is 0.852. The van der Waals surface area contributed by atoms with Gasteiger partial charge in [0.05, 0.1) is 10.6 Å². The summed E-state index contributed by atoms with van der Waals surface area (Å²) in [7, 11) is 0. The molecule has 0 amide bonds. The summed E-state index contributed by atoms with van der Waals surface area (Å²) in [5.74, 6) is 0. The normalized spacial score (nSPS) is 11.8. The average Bonchev–Trinajstić information content (AvgIpc) is 1.88. The molecule has 0 unspecified atom stereocenters. The minimum absolute atomic E-state index is 0.179. The number of allylic oxidation sites excluding steroid dienone is 4. The van der Waals surface area contributed by atoms with Gasteiger partial charge in [-0.1, -0.05) is 30.8 Å². The smallest absolute Gasteiger partial charge is 0.253 e. The van der Waals surface area contributed by atoms with Gasteiger partial charge in [-0.15, -0.1) is 0 Å². The molecule has 0 rings (SSSR count). The molecule has 0 aliphatic carbocycles. The average molecular weight is 177 g/mol. The zero-order valence-electron chi connectivity index (χ0n) is 5.23. The lowest BCUT2D eigenvalue weighted by Crippen LogP contribution is -1.90. The Bertz CT molecular complexity index is 204. The monoisotopic (exact) mass is 176 g/mol. The largest absolute Gasteiger partial charge is 0.276 e. The van der Waals surface area contributed by atoms with E-state index >= 15 is 0 Å². The third-order valence-corrected chi connectivity index (χ3v) is 1.41. The zero-order valence-corrected chi connectivity index (χ0v) is 6.74. The fourth-order valence-corrected chi connectivity index (χ4v) is 0.772. The molecule has 0 bridgehead atoms. The maximum atomic E-state index is 10.5. The van der Waals surface area contributed by atoms with Crippen molar-refractivity contribution < 1.29 is 4.79 Å². The maximum absolute atomic E-state index is 10.5. The van der Waals surface area contributed by atoms with Gasteiger partial charge in [-0.25, -0.2) is 0 Å². The van der Waals surface area contributed by atoms with Gasteiger partial charge in [0.1, 0.15) is 0 Å². The van der Waals surface area contributed by atoms with Gasteiger partial charge in [0.2, 0.25) is 0 Å². The van der Waals surface area contributed by atoms with Crippen LogP contribution in [0.2, 0.25) is 0 Å². The van der Waals surface area contributed by atoms with E-state index in [1.165, 1.54) is 12.2 Å². The number of hydrogen-bond donors (Lipinski definition) is 0. The Hall–Kier alpha value is -0.530. The van der Waals surface area contributed by atoms with E-state index in [0.717, 1.165) is 0 Å². The summed E-state index contributed by atoms with van der Waals surface area (Å²) in [6.45, 7) is 6.72. The van der Waals surface area contributed by atoms with Gasteiger partial charge in [-0.2, -0.15) is 0 Å². The van der Waals surface area contributed by atoms with Crippen LogP contribution in [0.1, 0.15) is 0 Å². The van der Waals surface area contributed by atoms with Crippen molar-refractivity contribution in [2.75, 3.05) is 0 Å². The number of carbonyl (C=O) groups excluding carboxylic acids is 1. The van der Waals surface area contributed by atoms with Crippen LogP contribution in [0.15, 0.2) is 35.9 Å². The van der Waals surface area contributed by atoms with Crippen molar-refractivity contribution in [1.29, 1.82) is 0 Å². The predicted molar refractivity (Wildman–Crippen MR) is 44.1 cm³/mol. The molecular weight excluding hydrogens is 171 g/mol. The number of carbonyl (C=O) groups is 1. The molecule has 0 N–H and O–H groups in total. The lowest BCUT2D eigenvalue weighted by Gasteiger charge is -1.93. The molecule has 0 atom stereocenters. The Morgan fingerprint density at radius 3 is 1.80 bits per heavy atom. The van der Waals surface area contributed by atoms with Crippen LogP contribution in [0.3, 0.4) is 0 Å². The van der Waals surface area contributed by atoms with Crippen LogP contribution < -0.4 is 0 Å². The van der Waals surface area contributed by atoms with Gasteiger partial charge in [0.15, 0.2) is 0 Å². The van der Waals surface area contributed by atoms with E-state index in [-0.39, 0.29) is 10.6 Å². The fraction of sp³-hybridized carbons (Fsp3) is 0. The van der Waals surface area contributed by atoms with Gasteiger partial charge < -0.3 is 0 Å². The van der Waals surface area contributed by atoms with Gasteiger partial charge in [-0.3, -0.25) is 4.79 Å². The molecule has 0 aromatic heterocycles. The van der Waals surface area contributed by atoms with Crippen LogP contribution in [-0.2, 0) is 4.79 Å². The molecule has 54 valence electrons. The molecule has 3 heteroatoms. The second kappa shape index (κ2) is 4.31. The molecule has 0 radical (unpaired) electrons. The van der Waals surface area contributed by atoms with Crippen molar-refractivity contribution >= 4 is 28.4 Å². The number of rotatable bonds is 3.